The molecule has 0 saturated heterocycles. The summed E-state index contributed by atoms with van der Waals surface area (Å²) >= 11 is 0. The predicted octanol–water partition coefficient (Wildman–Crippen LogP) is 4.93. The molecule has 0 aliphatic carbocycles. The van der Waals surface area contributed by atoms with E-state index < -0.39 is 0 Å². The summed E-state index contributed by atoms with van der Waals surface area (Å²) < 4.78 is 5.69. The van der Waals surface area contributed by atoms with Gasteiger partial charge in [0, 0.05) is 23.1 Å². The Morgan fingerprint density at radius 1 is 1.12 bits per heavy atom. The molecule has 0 fully saturated rings. The zero-order valence-corrected chi connectivity index (χ0v) is 15.2. The zero-order chi connectivity index (χ0) is 17.4. The average molecular weight is 334 g/mol. The van der Waals surface area contributed by atoms with Crippen molar-refractivity contribution in [3.8, 4) is 5.75 Å². The third-order valence-corrected chi connectivity index (χ3v) is 5.17. The number of nitrogens with one attached hydrogen (secondary N) is 2. The van der Waals surface area contributed by atoms with Crippen molar-refractivity contribution in [1.29, 1.82) is 0 Å². The maximum Gasteiger partial charge on any atom is 0.120 e. The SMILES string of the molecule is CCOc1ccc2[nH]c3c(c2c1)CCNC3c1ccc(C(C)C)cc1. The molecule has 0 radical (unpaired) electrons. The molecule has 0 saturated carbocycles. The van der Waals surface area contributed by atoms with Gasteiger partial charge in [-0.25, -0.2) is 0 Å². The van der Waals surface area contributed by atoms with Crippen LogP contribution in [0.2, 0.25) is 0 Å². The molecule has 2 heterocycles. The fourth-order valence-corrected chi connectivity index (χ4v) is 3.82. The first-order valence-corrected chi connectivity index (χ1v) is 9.28. The maximum absolute atomic E-state index is 5.69. The lowest BCUT2D eigenvalue weighted by atomic mass is 9.92. The fourth-order valence-electron chi connectivity index (χ4n) is 3.82. The lowest BCUT2D eigenvalue weighted by Crippen LogP contribution is -2.30. The van der Waals surface area contributed by atoms with Crippen molar-refractivity contribution < 1.29 is 4.74 Å². The second-order valence-electron chi connectivity index (χ2n) is 7.12. The van der Waals surface area contributed by atoms with E-state index in [9.17, 15) is 0 Å². The van der Waals surface area contributed by atoms with E-state index in [4.69, 9.17) is 4.74 Å². The largest absolute Gasteiger partial charge is 0.494 e. The van der Waals surface area contributed by atoms with Crippen LogP contribution in [0.3, 0.4) is 0 Å². The van der Waals surface area contributed by atoms with Crippen LogP contribution in [0.5, 0.6) is 5.75 Å². The van der Waals surface area contributed by atoms with Crippen LogP contribution < -0.4 is 10.1 Å². The predicted molar refractivity (Wildman–Crippen MR) is 104 cm³/mol. The monoisotopic (exact) mass is 334 g/mol. The molecule has 3 nitrogen and oxygen atoms in total. The first-order valence-electron chi connectivity index (χ1n) is 9.28. The molecule has 0 bridgehead atoms. The van der Waals surface area contributed by atoms with E-state index in [-0.39, 0.29) is 6.04 Å². The van der Waals surface area contributed by atoms with Gasteiger partial charge in [-0.15, -0.1) is 0 Å². The summed E-state index contributed by atoms with van der Waals surface area (Å²) in [7, 11) is 0. The number of rotatable bonds is 4. The number of fused-ring (bicyclic) bond motifs is 3. The Kier molecular flexibility index (Phi) is 4.26. The molecule has 2 N–H and O–H groups in total. The van der Waals surface area contributed by atoms with Gasteiger partial charge in [0.25, 0.3) is 0 Å². The van der Waals surface area contributed by atoms with Gasteiger partial charge in [-0.05, 0) is 54.2 Å². The van der Waals surface area contributed by atoms with Gasteiger partial charge in [-0.1, -0.05) is 38.1 Å². The first-order chi connectivity index (χ1) is 12.2. The molecule has 0 amide bonds. The van der Waals surface area contributed by atoms with E-state index >= 15 is 0 Å². The number of hydrogen-bond acceptors (Lipinski definition) is 2. The number of aromatic nitrogens is 1. The molecular weight excluding hydrogens is 308 g/mol. The summed E-state index contributed by atoms with van der Waals surface area (Å²) in [6, 6.07) is 15.6. The van der Waals surface area contributed by atoms with Crippen molar-refractivity contribution in [1.82, 2.24) is 10.3 Å². The minimum Gasteiger partial charge on any atom is -0.494 e. The number of hydrogen-bond donors (Lipinski definition) is 2. The van der Waals surface area contributed by atoms with Gasteiger partial charge in [-0.3, -0.25) is 0 Å². The number of H-pyrrole nitrogens is 1. The third kappa shape index (κ3) is 2.93. The highest BCUT2D eigenvalue weighted by atomic mass is 16.5. The standard InChI is InChI=1S/C22H26N2O/c1-4-25-17-9-10-20-19(13-17)18-11-12-23-21(22(18)24-20)16-7-5-15(6-8-16)14(2)3/h5-10,13-14,21,23-24H,4,11-12H2,1-3H3. The molecule has 1 aliphatic rings. The van der Waals surface area contributed by atoms with E-state index in [1.54, 1.807) is 0 Å². The van der Waals surface area contributed by atoms with Gasteiger partial charge < -0.3 is 15.0 Å². The molecule has 1 aliphatic heterocycles. The summed E-state index contributed by atoms with van der Waals surface area (Å²) in [5.41, 5.74) is 6.63. The molecule has 4 rings (SSSR count). The minimum atomic E-state index is 0.230. The third-order valence-electron chi connectivity index (χ3n) is 5.17. The second-order valence-corrected chi connectivity index (χ2v) is 7.12. The minimum absolute atomic E-state index is 0.230. The topological polar surface area (TPSA) is 37.0 Å². The molecular formula is C22H26N2O. The highest BCUT2D eigenvalue weighted by Gasteiger charge is 2.25. The van der Waals surface area contributed by atoms with Crippen LogP contribution in [0.4, 0.5) is 0 Å². The van der Waals surface area contributed by atoms with Crippen LogP contribution in [0.25, 0.3) is 10.9 Å². The fraction of sp³-hybridized carbons (Fsp3) is 0.364. The Morgan fingerprint density at radius 3 is 2.64 bits per heavy atom. The normalized spacial score (nSPS) is 17.0. The Hall–Kier alpha value is -2.26. The van der Waals surface area contributed by atoms with Gasteiger partial charge in [0.15, 0.2) is 0 Å². The van der Waals surface area contributed by atoms with Gasteiger partial charge >= 0.3 is 0 Å². The lowest BCUT2D eigenvalue weighted by molar-refractivity contribution is 0.340. The average Bonchev–Trinajstić information content (AvgIpc) is 3.00. The molecule has 3 aromatic rings. The van der Waals surface area contributed by atoms with Crippen LogP contribution in [-0.2, 0) is 6.42 Å². The summed E-state index contributed by atoms with van der Waals surface area (Å²) in [6.07, 6.45) is 1.05. The molecule has 1 atom stereocenters. The molecule has 1 unspecified atom stereocenters. The van der Waals surface area contributed by atoms with Crippen LogP contribution >= 0.6 is 0 Å². The highest BCUT2D eigenvalue weighted by molar-refractivity contribution is 5.86. The Balaban J connectivity index is 1.75. The summed E-state index contributed by atoms with van der Waals surface area (Å²) in [4.78, 5) is 3.65. The summed E-state index contributed by atoms with van der Waals surface area (Å²) in [5, 5.41) is 4.98. The molecule has 2 aromatic carbocycles. The van der Waals surface area contributed by atoms with E-state index in [1.165, 1.54) is 33.3 Å². The zero-order valence-electron chi connectivity index (χ0n) is 15.2. The van der Waals surface area contributed by atoms with Crippen molar-refractivity contribution in [3.63, 3.8) is 0 Å². The first kappa shape index (κ1) is 16.2. The van der Waals surface area contributed by atoms with Crippen molar-refractivity contribution in [2.45, 2.75) is 39.2 Å². The molecule has 0 spiro atoms. The molecule has 25 heavy (non-hydrogen) atoms. The van der Waals surface area contributed by atoms with E-state index in [0.717, 1.165) is 18.7 Å². The summed E-state index contributed by atoms with van der Waals surface area (Å²) in [6.45, 7) is 8.19. The number of ether oxygens (including phenoxy) is 1. The maximum atomic E-state index is 5.69. The van der Waals surface area contributed by atoms with Crippen molar-refractivity contribution in [2.24, 2.45) is 0 Å². The van der Waals surface area contributed by atoms with Crippen LogP contribution in [-0.4, -0.2) is 18.1 Å². The van der Waals surface area contributed by atoms with Crippen LogP contribution in [0.15, 0.2) is 42.5 Å². The smallest absolute Gasteiger partial charge is 0.120 e. The van der Waals surface area contributed by atoms with Crippen LogP contribution in [0, 0.1) is 0 Å². The summed E-state index contributed by atoms with van der Waals surface area (Å²) in [5.74, 6) is 1.52. The van der Waals surface area contributed by atoms with Crippen molar-refractivity contribution in [2.75, 3.05) is 13.2 Å². The van der Waals surface area contributed by atoms with E-state index in [1.807, 2.05) is 13.0 Å². The van der Waals surface area contributed by atoms with Crippen molar-refractivity contribution in [3.05, 3.63) is 64.8 Å². The number of aromatic amines is 1. The van der Waals surface area contributed by atoms with E-state index in [0.29, 0.717) is 12.5 Å². The van der Waals surface area contributed by atoms with E-state index in [2.05, 4.69) is 60.5 Å². The van der Waals surface area contributed by atoms with Gasteiger partial charge in [0.1, 0.15) is 5.75 Å². The lowest BCUT2D eigenvalue weighted by Gasteiger charge is -2.25. The molecule has 130 valence electrons. The van der Waals surface area contributed by atoms with Crippen LogP contribution in [0.1, 0.15) is 55.1 Å². The molecule has 3 heteroatoms. The van der Waals surface area contributed by atoms with Crippen molar-refractivity contribution >= 4 is 10.9 Å². The van der Waals surface area contributed by atoms with Gasteiger partial charge in [0.05, 0.1) is 12.6 Å². The van der Waals surface area contributed by atoms with Gasteiger partial charge in [-0.2, -0.15) is 0 Å². The second kappa shape index (κ2) is 6.57. The molecule has 1 aromatic heterocycles. The Morgan fingerprint density at radius 2 is 1.92 bits per heavy atom. The Bertz CT molecular complexity index is 877. The Labute approximate surface area is 149 Å². The highest BCUT2D eigenvalue weighted by Crippen LogP contribution is 2.35. The number of benzene rings is 2. The quantitative estimate of drug-likeness (QED) is 0.710. The van der Waals surface area contributed by atoms with Gasteiger partial charge in [0.2, 0.25) is 0 Å².